The fourth-order valence-electron chi connectivity index (χ4n) is 9.72. The summed E-state index contributed by atoms with van der Waals surface area (Å²) in [5.74, 6) is -1.51. The first-order valence-corrected chi connectivity index (χ1v) is 33.8. The van der Waals surface area contributed by atoms with E-state index in [0.29, 0.717) is 82.3 Å². The molecule has 0 amide bonds. The van der Waals surface area contributed by atoms with Gasteiger partial charge in [0.1, 0.15) is 38.5 Å². The van der Waals surface area contributed by atoms with Gasteiger partial charge in [0, 0.05) is 38.5 Å². The Labute approximate surface area is 530 Å². The number of ether oxygens (including phenoxy) is 6. The molecule has 0 saturated heterocycles. The van der Waals surface area contributed by atoms with Gasteiger partial charge in [0.2, 0.25) is 0 Å². The van der Waals surface area contributed by atoms with E-state index in [4.69, 9.17) is 28.4 Å². The zero-order chi connectivity index (χ0) is 61.7. The Kier molecular flexibility index (Phi) is 59.9. The summed E-state index contributed by atoms with van der Waals surface area (Å²) in [7, 11) is 10.3. The Morgan fingerprint density at radius 2 is 0.588 bits per heavy atom. The summed E-state index contributed by atoms with van der Waals surface area (Å²) in [6, 6.07) is 0. The average Bonchev–Trinajstić information content (AvgIpc) is 3.46. The maximum atomic E-state index is 12.6. The normalized spacial score (nSPS) is 12.9. The van der Waals surface area contributed by atoms with E-state index in [1.54, 1.807) is 0 Å². The Balaban J connectivity index is -0.0000336. The van der Waals surface area contributed by atoms with Gasteiger partial charge < -0.3 is 72.4 Å². The lowest BCUT2D eigenvalue weighted by molar-refractivity contribution is -0.888. The highest BCUT2D eigenvalue weighted by Gasteiger charge is 2.25. The lowest BCUT2D eigenvalue weighted by Crippen LogP contribution is -3.00. The van der Waals surface area contributed by atoms with Crippen LogP contribution in [0.15, 0.2) is 0 Å². The van der Waals surface area contributed by atoms with Crippen molar-refractivity contribution in [1.29, 1.82) is 0 Å². The van der Waals surface area contributed by atoms with Gasteiger partial charge in [-0.05, 0) is 84.0 Å². The fraction of sp³-hybridized carbons (Fsp3) is 0.910. The van der Waals surface area contributed by atoms with Crippen molar-refractivity contribution in [2.24, 2.45) is 0 Å². The van der Waals surface area contributed by atoms with Gasteiger partial charge in [-0.1, -0.05) is 168 Å². The molecule has 0 aromatic heterocycles. The molecule has 16 nitrogen and oxygen atoms in total. The van der Waals surface area contributed by atoms with Crippen LogP contribution >= 0.6 is 0 Å². The Morgan fingerprint density at radius 1 is 0.318 bits per heavy atom. The largest absolute Gasteiger partial charge is 1.00 e. The molecule has 4 atom stereocenters. The predicted octanol–water partition coefficient (Wildman–Crippen LogP) is 7.94. The third kappa shape index (κ3) is 58.7. The van der Waals surface area contributed by atoms with Crippen LogP contribution in [0.3, 0.4) is 0 Å². The summed E-state index contributed by atoms with van der Waals surface area (Å²) in [6.45, 7) is 10.5. The number of carbonyl (C=O) groups is 6. The number of hydrogen-bond acceptors (Lipinski definition) is 14. The quantitative estimate of drug-likeness (QED) is 0.0258. The number of carbonyl (C=O) groups excluding carboxylic acids is 6. The van der Waals surface area contributed by atoms with Crippen molar-refractivity contribution in [2.45, 2.75) is 315 Å². The minimum absolute atomic E-state index is 0. The lowest BCUT2D eigenvalue weighted by atomic mass is 9.99. The summed E-state index contributed by atoms with van der Waals surface area (Å²) in [5.41, 5.74) is 0. The van der Waals surface area contributed by atoms with E-state index in [-0.39, 0.29) is 86.3 Å². The van der Waals surface area contributed by atoms with Gasteiger partial charge in [-0.25, -0.2) is 0 Å². The van der Waals surface area contributed by atoms with Crippen LogP contribution in [-0.2, 0) is 57.2 Å². The average molecular weight is 1260 g/mol. The van der Waals surface area contributed by atoms with Gasteiger partial charge in [0.05, 0.1) is 67.2 Å². The first-order valence-electron chi connectivity index (χ1n) is 33.8. The zero-order valence-corrected chi connectivity index (χ0v) is 56.9. The number of hydrogen-bond donors (Lipinski definition) is 2. The van der Waals surface area contributed by atoms with E-state index < -0.39 is 24.4 Å². The van der Waals surface area contributed by atoms with Gasteiger partial charge in [-0.3, -0.25) is 28.8 Å². The van der Waals surface area contributed by atoms with E-state index in [9.17, 15) is 39.0 Å². The molecular formula is C67H128Cl2N2O14. The molecule has 85 heavy (non-hydrogen) atoms. The van der Waals surface area contributed by atoms with E-state index in [1.807, 2.05) is 21.1 Å². The van der Waals surface area contributed by atoms with Crippen LogP contribution in [0.25, 0.3) is 0 Å². The first-order chi connectivity index (χ1) is 39.8. The molecule has 0 aromatic carbocycles. The molecule has 0 rings (SSSR count). The first kappa shape index (κ1) is 86.4. The van der Waals surface area contributed by atoms with E-state index in [0.717, 1.165) is 217 Å². The minimum atomic E-state index is -0.685. The summed E-state index contributed by atoms with van der Waals surface area (Å²) >= 11 is 0. The SMILES string of the molecule is CCCCCC(OC(=O)CCCC(=O)OCC[N+](C)(C)C)C(O)CCCCCCCCCCC(=O)OCCCCCCCCCCOC(=O)CCCCCCCCCCC(O)C(CCCCC)OC(=O)CCCC(=O)OCC[N+](C)(C)CC.[Cl-].[Cl-]. The summed E-state index contributed by atoms with van der Waals surface area (Å²) in [4.78, 5) is 73.8. The molecule has 0 saturated carbocycles. The molecule has 0 aliphatic carbocycles. The third-order valence-corrected chi connectivity index (χ3v) is 15.8. The number of unbranched alkanes of at least 4 members (excludes halogenated alkanes) is 25. The summed E-state index contributed by atoms with van der Waals surface area (Å²) < 4.78 is 34.5. The predicted molar refractivity (Wildman–Crippen MR) is 331 cm³/mol. The highest BCUT2D eigenvalue weighted by atomic mass is 35.5. The molecule has 4 unspecified atom stereocenters. The molecule has 0 heterocycles. The van der Waals surface area contributed by atoms with Crippen LogP contribution < -0.4 is 24.8 Å². The van der Waals surface area contributed by atoms with Gasteiger partial charge in [-0.15, -0.1) is 0 Å². The third-order valence-electron chi connectivity index (χ3n) is 15.8. The molecule has 0 radical (unpaired) electrons. The van der Waals surface area contributed by atoms with Gasteiger partial charge >= 0.3 is 35.8 Å². The Hall–Kier alpha value is -2.76. The second kappa shape index (κ2) is 58.9. The van der Waals surface area contributed by atoms with Crippen LogP contribution in [0.2, 0.25) is 0 Å². The summed E-state index contributed by atoms with van der Waals surface area (Å²) in [6.07, 6.45) is 33.3. The molecule has 0 spiro atoms. The maximum Gasteiger partial charge on any atom is 0.306 e. The lowest BCUT2D eigenvalue weighted by Gasteiger charge is -2.27. The zero-order valence-electron chi connectivity index (χ0n) is 55.4. The van der Waals surface area contributed by atoms with Crippen molar-refractivity contribution in [3.63, 3.8) is 0 Å². The Morgan fingerprint density at radius 3 is 0.918 bits per heavy atom. The van der Waals surface area contributed by atoms with E-state index in [1.165, 1.54) is 0 Å². The number of likely N-dealkylation sites (N-methyl/N-ethyl adjacent to an activating group) is 2. The molecular weight excluding hydrogens is 1130 g/mol. The number of quaternary nitrogens is 2. The van der Waals surface area contributed by atoms with Crippen molar-refractivity contribution in [2.75, 3.05) is 81.3 Å². The Bertz CT molecular complexity index is 1620. The van der Waals surface area contributed by atoms with Crippen molar-refractivity contribution < 1.29 is 101 Å². The van der Waals surface area contributed by atoms with Crippen LogP contribution in [0, 0.1) is 0 Å². The monoisotopic (exact) mass is 1250 g/mol. The van der Waals surface area contributed by atoms with Crippen molar-refractivity contribution >= 4 is 35.8 Å². The number of rotatable bonds is 60. The number of aliphatic hydroxyl groups is 2. The highest BCUT2D eigenvalue weighted by molar-refractivity contribution is 5.73. The van der Waals surface area contributed by atoms with Crippen LogP contribution in [0.1, 0.15) is 290 Å². The topological polar surface area (TPSA) is 198 Å². The number of nitrogens with zero attached hydrogens (tertiary/aromatic N) is 2. The molecule has 0 bridgehead atoms. The molecule has 2 N–H and O–H groups in total. The fourth-order valence-corrected chi connectivity index (χ4v) is 9.72. The van der Waals surface area contributed by atoms with Gasteiger partial charge in [-0.2, -0.15) is 0 Å². The number of aliphatic hydroxyl groups excluding tert-OH is 2. The molecule has 18 heteroatoms. The number of halogens is 2. The highest BCUT2D eigenvalue weighted by Crippen LogP contribution is 2.21. The van der Waals surface area contributed by atoms with E-state index >= 15 is 0 Å². The van der Waals surface area contributed by atoms with Crippen LogP contribution in [0.4, 0.5) is 0 Å². The second-order valence-corrected chi connectivity index (χ2v) is 25.3. The minimum Gasteiger partial charge on any atom is -1.00 e. The van der Waals surface area contributed by atoms with Crippen molar-refractivity contribution in [3.8, 4) is 0 Å². The van der Waals surface area contributed by atoms with Crippen LogP contribution in [-0.4, -0.2) is 161 Å². The van der Waals surface area contributed by atoms with Gasteiger partial charge in [0.25, 0.3) is 0 Å². The van der Waals surface area contributed by atoms with E-state index in [2.05, 4.69) is 34.9 Å². The molecule has 504 valence electrons. The summed E-state index contributed by atoms with van der Waals surface area (Å²) in [5, 5.41) is 21.9. The standard InChI is InChI=1S/C67H128N2O14.2ClH/c1-9-12-32-44-60(82-66(76)50-40-48-64(74)80-56-52-68(4,5)6)58(70)42-34-26-20-14-16-22-28-36-46-62(72)78-54-38-30-24-18-19-25-31-39-55-79-63(73)47-37-29-23-17-15-21-27-35-43-59(71)61(45-33-13-10-2)83-67(77)51-41-49-65(75)81-57-53-69(7,8)11-3;;/h58-61,70-71H,9-57H2,1-8H3;2*1H/q+2;;/p-2. The van der Waals surface area contributed by atoms with Crippen LogP contribution in [0.5, 0.6) is 0 Å². The molecule has 0 aliphatic rings. The van der Waals surface area contributed by atoms with Crippen molar-refractivity contribution in [3.05, 3.63) is 0 Å². The molecule has 0 aliphatic heterocycles. The van der Waals surface area contributed by atoms with Gasteiger partial charge in [0.15, 0.2) is 0 Å². The molecule has 0 fully saturated rings. The second-order valence-electron chi connectivity index (χ2n) is 25.3. The smallest absolute Gasteiger partial charge is 0.306 e. The number of esters is 6. The van der Waals surface area contributed by atoms with Crippen molar-refractivity contribution in [1.82, 2.24) is 0 Å². The maximum absolute atomic E-state index is 12.6. The molecule has 0 aromatic rings.